The van der Waals surface area contributed by atoms with Crippen LogP contribution >= 0.6 is 0 Å². The van der Waals surface area contributed by atoms with Gasteiger partial charge >= 0.3 is 12.1 Å². The van der Waals surface area contributed by atoms with Gasteiger partial charge in [-0.15, -0.1) is 0 Å². The number of piperidine rings is 1. The number of pyridine rings is 1. The molecule has 0 spiro atoms. The van der Waals surface area contributed by atoms with Crippen LogP contribution in [0.4, 0.5) is 19.0 Å². The van der Waals surface area contributed by atoms with Gasteiger partial charge in [-0.1, -0.05) is 11.6 Å². The molecule has 0 unspecified atom stereocenters. The number of hydrogen-bond donors (Lipinski definition) is 1. The number of halogens is 3. The van der Waals surface area contributed by atoms with Gasteiger partial charge in [-0.25, -0.2) is 9.78 Å². The molecule has 5 nitrogen and oxygen atoms in total. The Balaban J connectivity index is 1.49. The number of hydrogen-bond acceptors (Lipinski definition) is 4. The number of anilines is 1. The number of ether oxygens (including phenoxy) is 1. The number of aromatic nitrogens is 1. The van der Waals surface area contributed by atoms with E-state index < -0.39 is 17.7 Å². The second-order valence-electron chi connectivity index (χ2n) is 7.71. The lowest BCUT2D eigenvalue weighted by molar-refractivity contribution is -0.137. The minimum Gasteiger partial charge on any atom is -0.489 e. The normalized spacial score (nSPS) is 23.9. The first-order valence-electron chi connectivity index (χ1n) is 9.54. The lowest BCUT2D eigenvalue weighted by atomic mass is 9.99. The van der Waals surface area contributed by atoms with Gasteiger partial charge in [0.15, 0.2) is 0 Å². The summed E-state index contributed by atoms with van der Waals surface area (Å²) in [5, 5.41) is 9.43. The van der Waals surface area contributed by atoms with Crippen molar-refractivity contribution in [2.75, 3.05) is 4.90 Å². The summed E-state index contributed by atoms with van der Waals surface area (Å²) in [6.45, 7) is 1.83. The first-order valence-corrected chi connectivity index (χ1v) is 9.54. The molecule has 0 saturated carbocycles. The summed E-state index contributed by atoms with van der Waals surface area (Å²) < 4.78 is 44.4. The summed E-state index contributed by atoms with van der Waals surface area (Å²) >= 11 is 0. The van der Waals surface area contributed by atoms with E-state index in [1.165, 1.54) is 6.07 Å². The van der Waals surface area contributed by atoms with Gasteiger partial charge in [0.25, 0.3) is 0 Å². The number of nitrogens with zero attached hydrogens (tertiary/aromatic N) is 2. The molecule has 2 aliphatic heterocycles. The lowest BCUT2D eigenvalue weighted by Crippen LogP contribution is -2.47. The number of fused-ring (bicyclic) bond motifs is 2. The third-order valence-corrected chi connectivity index (χ3v) is 5.69. The van der Waals surface area contributed by atoms with Crippen LogP contribution in [0.5, 0.6) is 5.75 Å². The van der Waals surface area contributed by atoms with E-state index in [0.29, 0.717) is 24.4 Å². The number of carboxylic acid groups (broad SMARTS) is 1. The quantitative estimate of drug-likeness (QED) is 0.799. The van der Waals surface area contributed by atoms with Crippen LogP contribution in [0.15, 0.2) is 36.5 Å². The Bertz CT molecular complexity index is 900. The van der Waals surface area contributed by atoms with E-state index in [1.807, 2.05) is 13.0 Å². The zero-order valence-corrected chi connectivity index (χ0v) is 15.8. The number of aromatic carboxylic acids is 1. The van der Waals surface area contributed by atoms with Crippen LogP contribution in [0.2, 0.25) is 0 Å². The van der Waals surface area contributed by atoms with Crippen molar-refractivity contribution in [3.8, 4) is 5.75 Å². The van der Waals surface area contributed by atoms with Crippen molar-refractivity contribution in [1.29, 1.82) is 0 Å². The molecule has 1 aromatic carbocycles. The Hall–Kier alpha value is -2.77. The first kappa shape index (κ1) is 19.5. The van der Waals surface area contributed by atoms with E-state index in [-0.39, 0.29) is 23.8 Å². The van der Waals surface area contributed by atoms with Crippen LogP contribution in [0, 0.1) is 6.92 Å². The number of rotatable bonds is 4. The standard InChI is InChI=1S/C21H21F3N2O3/c1-12-2-6-18(17(8-12)20(27)28)29-16-9-14-4-5-15(10-16)26(14)19-7-3-13(11-25-19)21(22,23)24/h2-3,6-8,11,14-16H,4-5,9-10H2,1H3,(H,27,28)/t14-,15+,16+. The van der Waals surface area contributed by atoms with E-state index in [4.69, 9.17) is 4.74 Å². The Labute approximate surface area is 166 Å². The fraction of sp³-hybridized carbons (Fsp3) is 0.429. The van der Waals surface area contributed by atoms with E-state index in [9.17, 15) is 23.1 Å². The molecular weight excluding hydrogens is 385 g/mol. The van der Waals surface area contributed by atoms with Crippen molar-refractivity contribution in [2.24, 2.45) is 0 Å². The fourth-order valence-electron chi connectivity index (χ4n) is 4.40. The molecule has 29 heavy (non-hydrogen) atoms. The van der Waals surface area contributed by atoms with Crippen LogP contribution in [0.25, 0.3) is 0 Å². The van der Waals surface area contributed by atoms with Gasteiger partial charge in [0, 0.05) is 31.1 Å². The Morgan fingerprint density at radius 1 is 1.17 bits per heavy atom. The van der Waals surface area contributed by atoms with E-state index in [1.54, 1.807) is 12.1 Å². The molecule has 1 N–H and O–H groups in total. The van der Waals surface area contributed by atoms with Gasteiger partial charge in [0.05, 0.1) is 5.56 Å². The summed E-state index contributed by atoms with van der Waals surface area (Å²) in [5.74, 6) is -0.128. The van der Waals surface area contributed by atoms with Crippen molar-refractivity contribution in [2.45, 2.75) is 57.0 Å². The predicted octanol–water partition coefficient (Wildman–Crippen LogP) is 4.69. The van der Waals surface area contributed by atoms with Crippen molar-refractivity contribution in [1.82, 2.24) is 4.98 Å². The Morgan fingerprint density at radius 3 is 2.41 bits per heavy atom. The van der Waals surface area contributed by atoms with Crippen molar-refractivity contribution in [3.63, 3.8) is 0 Å². The Kier molecular flexibility index (Phi) is 4.88. The van der Waals surface area contributed by atoms with Crippen LogP contribution < -0.4 is 9.64 Å². The highest BCUT2D eigenvalue weighted by Crippen LogP contribution is 2.40. The average molecular weight is 406 g/mol. The third kappa shape index (κ3) is 3.88. The molecule has 3 heterocycles. The number of carboxylic acids is 1. The zero-order chi connectivity index (χ0) is 20.8. The van der Waals surface area contributed by atoms with Gasteiger partial charge < -0.3 is 14.7 Å². The number of aryl methyl sites for hydroxylation is 1. The minimum absolute atomic E-state index is 0.113. The monoisotopic (exact) mass is 406 g/mol. The van der Waals surface area contributed by atoms with Gasteiger partial charge in [0.2, 0.25) is 0 Å². The molecule has 1 aromatic heterocycles. The molecule has 8 heteroatoms. The lowest BCUT2D eigenvalue weighted by Gasteiger charge is -2.39. The van der Waals surface area contributed by atoms with Gasteiger partial charge in [0.1, 0.15) is 23.2 Å². The van der Waals surface area contributed by atoms with Gasteiger partial charge in [-0.2, -0.15) is 13.2 Å². The van der Waals surface area contributed by atoms with Crippen LogP contribution in [-0.2, 0) is 6.18 Å². The highest BCUT2D eigenvalue weighted by atomic mass is 19.4. The minimum atomic E-state index is -4.40. The summed E-state index contributed by atoms with van der Waals surface area (Å²) in [7, 11) is 0. The largest absolute Gasteiger partial charge is 0.489 e. The van der Waals surface area contributed by atoms with Crippen molar-refractivity contribution >= 4 is 11.8 Å². The molecule has 4 rings (SSSR count). The molecule has 0 aliphatic carbocycles. The SMILES string of the molecule is Cc1ccc(O[C@H]2C[C@H]3CC[C@@H](C2)N3c2ccc(C(F)(F)F)cn2)c(C(=O)O)c1. The van der Waals surface area contributed by atoms with Crippen LogP contribution in [-0.4, -0.2) is 34.2 Å². The second kappa shape index (κ2) is 7.24. The summed E-state index contributed by atoms with van der Waals surface area (Å²) in [5.41, 5.74) is 0.231. The van der Waals surface area contributed by atoms with Crippen molar-refractivity contribution in [3.05, 3.63) is 53.2 Å². The van der Waals surface area contributed by atoms with E-state index in [2.05, 4.69) is 9.88 Å². The summed E-state index contributed by atoms with van der Waals surface area (Å²) in [4.78, 5) is 17.7. The maximum atomic E-state index is 12.8. The van der Waals surface area contributed by atoms with E-state index in [0.717, 1.165) is 30.7 Å². The smallest absolute Gasteiger partial charge is 0.417 e. The fourth-order valence-corrected chi connectivity index (χ4v) is 4.40. The molecule has 2 fully saturated rings. The molecule has 0 amide bonds. The third-order valence-electron chi connectivity index (χ3n) is 5.69. The van der Waals surface area contributed by atoms with E-state index >= 15 is 0 Å². The summed E-state index contributed by atoms with van der Waals surface area (Å²) in [6, 6.07) is 7.81. The molecule has 0 radical (unpaired) electrons. The first-order chi connectivity index (χ1) is 13.7. The van der Waals surface area contributed by atoms with Crippen LogP contribution in [0.1, 0.15) is 47.2 Å². The molecule has 154 valence electrons. The molecular formula is C21H21F3N2O3. The van der Waals surface area contributed by atoms with Gasteiger partial charge in [-0.3, -0.25) is 0 Å². The number of alkyl halides is 3. The topological polar surface area (TPSA) is 62.7 Å². The average Bonchev–Trinajstić information content (AvgIpc) is 2.93. The maximum Gasteiger partial charge on any atom is 0.417 e. The molecule has 2 saturated heterocycles. The highest BCUT2D eigenvalue weighted by Gasteiger charge is 2.42. The second-order valence-corrected chi connectivity index (χ2v) is 7.71. The molecule has 3 atom stereocenters. The van der Waals surface area contributed by atoms with Crippen molar-refractivity contribution < 1.29 is 27.8 Å². The zero-order valence-electron chi connectivity index (χ0n) is 15.8. The summed E-state index contributed by atoms with van der Waals surface area (Å²) in [6.07, 6.45) is -0.499. The molecule has 2 aromatic rings. The Morgan fingerprint density at radius 2 is 1.86 bits per heavy atom. The highest BCUT2D eigenvalue weighted by molar-refractivity contribution is 5.91. The number of benzene rings is 1. The molecule has 2 bridgehead atoms. The molecule has 2 aliphatic rings. The number of carbonyl (C=O) groups is 1. The van der Waals surface area contributed by atoms with Crippen LogP contribution in [0.3, 0.4) is 0 Å². The maximum absolute atomic E-state index is 12.8. The van der Waals surface area contributed by atoms with Gasteiger partial charge in [-0.05, 0) is 44.0 Å². The predicted molar refractivity (Wildman–Crippen MR) is 100 cm³/mol.